The first-order valence-corrected chi connectivity index (χ1v) is 5.89. The van der Waals surface area contributed by atoms with Gasteiger partial charge in [0, 0.05) is 6.54 Å². The number of carbonyl (C=O) groups is 1. The molecular formula is C11H23N3O. The van der Waals surface area contributed by atoms with Crippen LogP contribution in [-0.4, -0.2) is 43.0 Å². The lowest BCUT2D eigenvalue weighted by Crippen LogP contribution is -2.43. The molecule has 1 fully saturated rings. The third kappa shape index (κ3) is 4.18. The molecule has 0 spiro atoms. The Balaban J connectivity index is 2.16. The van der Waals surface area contributed by atoms with Gasteiger partial charge in [-0.3, -0.25) is 4.79 Å². The third-order valence-corrected chi connectivity index (χ3v) is 3.13. The predicted molar refractivity (Wildman–Crippen MR) is 61.5 cm³/mol. The highest BCUT2D eigenvalue weighted by atomic mass is 16.2. The molecule has 0 bridgehead atoms. The van der Waals surface area contributed by atoms with E-state index in [1.165, 1.54) is 12.8 Å². The van der Waals surface area contributed by atoms with Crippen LogP contribution in [0.1, 0.15) is 26.7 Å². The topological polar surface area (TPSA) is 58.4 Å². The van der Waals surface area contributed by atoms with Crippen molar-refractivity contribution in [3.05, 3.63) is 0 Å². The number of amides is 1. The Kier molecular flexibility index (Phi) is 5.05. The maximum atomic E-state index is 11.3. The van der Waals surface area contributed by atoms with Gasteiger partial charge in [-0.15, -0.1) is 0 Å². The Bertz CT molecular complexity index is 198. The summed E-state index contributed by atoms with van der Waals surface area (Å²) in [4.78, 5) is 13.7. The monoisotopic (exact) mass is 213 g/mol. The van der Waals surface area contributed by atoms with Crippen LogP contribution in [0.5, 0.6) is 0 Å². The van der Waals surface area contributed by atoms with Crippen molar-refractivity contribution in [2.75, 3.05) is 26.2 Å². The van der Waals surface area contributed by atoms with Gasteiger partial charge in [0.25, 0.3) is 0 Å². The summed E-state index contributed by atoms with van der Waals surface area (Å²) in [5.41, 5.74) is 5.47. The fourth-order valence-electron chi connectivity index (χ4n) is 1.91. The fourth-order valence-corrected chi connectivity index (χ4v) is 1.91. The zero-order valence-electron chi connectivity index (χ0n) is 9.83. The van der Waals surface area contributed by atoms with Crippen molar-refractivity contribution in [3.8, 4) is 0 Å². The lowest BCUT2D eigenvalue weighted by Gasteiger charge is -2.31. The maximum Gasteiger partial charge on any atom is 0.236 e. The van der Waals surface area contributed by atoms with Gasteiger partial charge in [0.15, 0.2) is 0 Å². The van der Waals surface area contributed by atoms with Gasteiger partial charge in [0.05, 0.1) is 6.04 Å². The Morgan fingerprint density at radius 3 is 2.60 bits per heavy atom. The smallest absolute Gasteiger partial charge is 0.236 e. The highest BCUT2D eigenvalue weighted by Crippen LogP contribution is 2.15. The van der Waals surface area contributed by atoms with Crippen molar-refractivity contribution >= 4 is 5.91 Å². The zero-order chi connectivity index (χ0) is 11.3. The third-order valence-electron chi connectivity index (χ3n) is 3.13. The molecular weight excluding hydrogens is 190 g/mol. The van der Waals surface area contributed by atoms with Crippen LogP contribution in [0.15, 0.2) is 0 Å². The molecule has 4 nitrogen and oxygen atoms in total. The Morgan fingerprint density at radius 2 is 2.13 bits per heavy atom. The molecule has 1 amide bonds. The normalized spacial score (nSPS) is 21.3. The molecule has 88 valence electrons. The second-order valence-electron chi connectivity index (χ2n) is 4.41. The van der Waals surface area contributed by atoms with Crippen molar-refractivity contribution in [1.82, 2.24) is 10.2 Å². The summed E-state index contributed by atoms with van der Waals surface area (Å²) in [6.45, 7) is 8.16. The van der Waals surface area contributed by atoms with Crippen molar-refractivity contribution in [1.29, 1.82) is 0 Å². The predicted octanol–water partition coefficient (Wildman–Crippen LogP) is 0.182. The van der Waals surface area contributed by atoms with E-state index in [9.17, 15) is 4.79 Å². The van der Waals surface area contributed by atoms with Crippen molar-refractivity contribution in [3.63, 3.8) is 0 Å². The van der Waals surface area contributed by atoms with Gasteiger partial charge in [-0.1, -0.05) is 6.92 Å². The van der Waals surface area contributed by atoms with E-state index in [4.69, 9.17) is 5.73 Å². The van der Waals surface area contributed by atoms with Gasteiger partial charge in [-0.2, -0.15) is 0 Å². The fraction of sp³-hybridized carbons (Fsp3) is 0.909. The first-order chi connectivity index (χ1) is 7.13. The SMILES string of the molecule is CCN1CCC(CNC(=O)[C@H](C)N)CC1. The van der Waals surface area contributed by atoms with Crippen LogP contribution in [0.4, 0.5) is 0 Å². The lowest BCUT2D eigenvalue weighted by atomic mass is 9.97. The van der Waals surface area contributed by atoms with E-state index in [-0.39, 0.29) is 11.9 Å². The van der Waals surface area contributed by atoms with Crippen LogP contribution >= 0.6 is 0 Å². The molecule has 0 aliphatic carbocycles. The number of rotatable bonds is 4. The molecule has 15 heavy (non-hydrogen) atoms. The number of hydrogen-bond donors (Lipinski definition) is 2. The first kappa shape index (κ1) is 12.5. The van der Waals surface area contributed by atoms with Crippen LogP contribution in [-0.2, 0) is 4.79 Å². The number of nitrogens with two attached hydrogens (primary N) is 1. The maximum absolute atomic E-state index is 11.3. The van der Waals surface area contributed by atoms with Crippen LogP contribution in [0.2, 0.25) is 0 Å². The largest absolute Gasteiger partial charge is 0.354 e. The minimum absolute atomic E-state index is 0.0343. The summed E-state index contributed by atoms with van der Waals surface area (Å²) in [7, 11) is 0. The molecule has 4 heteroatoms. The number of piperidine rings is 1. The average molecular weight is 213 g/mol. The molecule has 0 unspecified atom stereocenters. The van der Waals surface area contributed by atoms with Crippen molar-refractivity contribution in [2.45, 2.75) is 32.7 Å². The standard InChI is InChI=1S/C11H23N3O/c1-3-14-6-4-10(5-7-14)8-13-11(15)9(2)12/h9-10H,3-8,12H2,1-2H3,(H,13,15)/t9-/m0/s1. The summed E-state index contributed by atoms with van der Waals surface area (Å²) >= 11 is 0. The molecule has 1 rings (SSSR count). The Morgan fingerprint density at radius 1 is 1.53 bits per heavy atom. The van der Waals surface area contributed by atoms with Gasteiger partial charge < -0.3 is 16.0 Å². The van der Waals surface area contributed by atoms with E-state index >= 15 is 0 Å². The number of hydrogen-bond acceptors (Lipinski definition) is 3. The molecule has 0 radical (unpaired) electrons. The summed E-state index contributed by atoms with van der Waals surface area (Å²) in [5.74, 6) is 0.600. The quantitative estimate of drug-likeness (QED) is 0.700. The summed E-state index contributed by atoms with van der Waals surface area (Å²) in [5, 5.41) is 2.90. The minimum Gasteiger partial charge on any atom is -0.354 e. The minimum atomic E-state index is -0.388. The van der Waals surface area contributed by atoms with E-state index in [1.807, 2.05) is 0 Å². The molecule has 1 saturated heterocycles. The van der Waals surface area contributed by atoms with Gasteiger partial charge in [0.2, 0.25) is 5.91 Å². The zero-order valence-corrected chi connectivity index (χ0v) is 9.83. The summed E-state index contributed by atoms with van der Waals surface area (Å²) in [6.07, 6.45) is 2.38. The van der Waals surface area contributed by atoms with Crippen molar-refractivity contribution in [2.24, 2.45) is 11.7 Å². The molecule has 1 aliphatic heterocycles. The molecule has 1 aliphatic rings. The van der Waals surface area contributed by atoms with E-state index < -0.39 is 0 Å². The second-order valence-corrected chi connectivity index (χ2v) is 4.41. The molecule has 3 N–H and O–H groups in total. The summed E-state index contributed by atoms with van der Waals surface area (Å²) < 4.78 is 0. The van der Waals surface area contributed by atoms with Crippen LogP contribution in [0.25, 0.3) is 0 Å². The number of nitrogens with zero attached hydrogens (tertiary/aromatic N) is 1. The summed E-state index contributed by atoms with van der Waals surface area (Å²) in [6, 6.07) is -0.388. The molecule has 0 aromatic carbocycles. The van der Waals surface area contributed by atoms with Gasteiger partial charge in [-0.25, -0.2) is 0 Å². The number of likely N-dealkylation sites (tertiary alicyclic amines) is 1. The van der Waals surface area contributed by atoms with E-state index in [0.717, 1.165) is 26.2 Å². The average Bonchev–Trinajstić information content (AvgIpc) is 2.26. The van der Waals surface area contributed by atoms with Crippen LogP contribution in [0.3, 0.4) is 0 Å². The number of nitrogens with one attached hydrogen (secondary N) is 1. The molecule has 0 aromatic heterocycles. The first-order valence-electron chi connectivity index (χ1n) is 5.89. The Labute approximate surface area is 92.2 Å². The van der Waals surface area contributed by atoms with E-state index in [1.54, 1.807) is 6.92 Å². The highest BCUT2D eigenvalue weighted by Gasteiger charge is 2.18. The lowest BCUT2D eigenvalue weighted by molar-refractivity contribution is -0.122. The van der Waals surface area contributed by atoms with Crippen molar-refractivity contribution < 1.29 is 4.79 Å². The van der Waals surface area contributed by atoms with E-state index in [2.05, 4.69) is 17.1 Å². The molecule has 0 saturated carbocycles. The van der Waals surface area contributed by atoms with Crippen LogP contribution in [0, 0.1) is 5.92 Å². The second kappa shape index (κ2) is 6.08. The van der Waals surface area contributed by atoms with Gasteiger partial charge >= 0.3 is 0 Å². The molecule has 0 aromatic rings. The van der Waals surface area contributed by atoms with Gasteiger partial charge in [-0.05, 0) is 45.3 Å². The van der Waals surface area contributed by atoms with Crippen LogP contribution < -0.4 is 11.1 Å². The molecule has 1 heterocycles. The van der Waals surface area contributed by atoms with Gasteiger partial charge in [0.1, 0.15) is 0 Å². The Hall–Kier alpha value is -0.610. The highest BCUT2D eigenvalue weighted by molar-refractivity contribution is 5.80. The number of carbonyl (C=O) groups excluding carboxylic acids is 1. The van der Waals surface area contributed by atoms with E-state index in [0.29, 0.717) is 5.92 Å². The molecule has 1 atom stereocenters.